The molecule has 0 spiro atoms. The van der Waals surface area contributed by atoms with E-state index in [1.807, 2.05) is 11.8 Å². The zero-order valence-electron chi connectivity index (χ0n) is 14.9. The molecule has 1 atom stereocenters. The highest BCUT2D eigenvalue weighted by Gasteiger charge is 2.33. The third-order valence-corrected chi connectivity index (χ3v) is 6.05. The van der Waals surface area contributed by atoms with Crippen molar-refractivity contribution in [1.29, 1.82) is 0 Å². The van der Waals surface area contributed by atoms with E-state index in [9.17, 15) is 9.59 Å². The molecule has 3 amide bonds. The van der Waals surface area contributed by atoms with Crippen LogP contribution in [0.1, 0.15) is 51.9 Å². The average Bonchev–Trinajstić information content (AvgIpc) is 3.06. The van der Waals surface area contributed by atoms with Gasteiger partial charge < -0.3 is 15.5 Å². The topological polar surface area (TPSA) is 64.7 Å². The molecule has 6 nitrogen and oxygen atoms in total. The summed E-state index contributed by atoms with van der Waals surface area (Å²) in [6, 6.07) is 0.343. The van der Waals surface area contributed by atoms with Gasteiger partial charge in [-0.3, -0.25) is 9.69 Å². The van der Waals surface area contributed by atoms with Crippen molar-refractivity contribution < 1.29 is 9.59 Å². The summed E-state index contributed by atoms with van der Waals surface area (Å²) in [6.07, 6.45) is 8.43. The van der Waals surface area contributed by atoms with E-state index in [2.05, 4.69) is 15.5 Å². The fourth-order valence-corrected chi connectivity index (χ4v) is 4.37. The van der Waals surface area contributed by atoms with Crippen molar-refractivity contribution in [1.82, 2.24) is 20.4 Å². The summed E-state index contributed by atoms with van der Waals surface area (Å²) < 4.78 is 0. The van der Waals surface area contributed by atoms with Crippen LogP contribution in [0.15, 0.2) is 0 Å². The summed E-state index contributed by atoms with van der Waals surface area (Å²) >= 11 is 0. The molecule has 1 unspecified atom stereocenters. The Bertz CT molecular complexity index is 442. The van der Waals surface area contributed by atoms with Crippen LogP contribution in [-0.2, 0) is 4.79 Å². The fraction of sp³-hybridized carbons (Fsp3) is 0.889. The van der Waals surface area contributed by atoms with Crippen LogP contribution >= 0.6 is 0 Å². The molecule has 136 valence electrons. The Kier molecular flexibility index (Phi) is 5.98. The molecular formula is C18H32N4O2. The standard InChI is InChI=1S/C18H32N4O2/c1-14(17(23)20-13-15-5-3-2-4-6-15)21-10-7-16(8-11-21)22-12-9-19-18(22)24/h14-16H,2-13H2,1H3,(H,19,24)(H,20,23). The Balaban J connectivity index is 1.40. The molecule has 2 saturated heterocycles. The second kappa shape index (κ2) is 8.19. The number of hydrogen-bond donors (Lipinski definition) is 2. The lowest BCUT2D eigenvalue weighted by Crippen LogP contribution is -2.52. The highest BCUT2D eigenvalue weighted by molar-refractivity contribution is 5.81. The van der Waals surface area contributed by atoms with E-state index in [1.54, 1.807) is 0 Å². The van der Waals surface area contributed by atoms with E-state index >= 15 is 0 Å². The van der Waals surface area contributed by atoms with Gasteiger partial charge in [-0.15, -0.1) is 0 Å². The minimum atomic E-state index is -0.0676. The van der Waals surface area contributed by atoms with Gasteiger partial charge in [0, 0.05) is 38.8 Å². The van der Waals surface area contributed by atoms with Crippen molar-refractivity contribution in [2.75, 3.05) is 32.7 Å². The number of nitrogens with zero attached hydrogens (tertiary/aromatic N) is 2. The quantitative estimate of drug-likeness (QED) is 0.801. The zero-order chi connectivity index (χ0) is 16.9. The summed E-state index contributed by atoms with van der Waals surface area (Å²) in [7, 11) is 0. The molecule has 1 aliphatic carbocycles. The van der Waals surface area contributed by atoms with E-state index in [1.165, 1.54) is 32.1 Å². The van der Waals surface area contributed by atoms with Crippen LogP contribution < -0.4 is 10.6 Å². The molecule has 0 aromatic heterocycles. The number of carbonyl (C=O) groups is 2. The number of rotatable bonds is 5. The molecule has 3 rings (SSSR count). The minimum Gasteiger partial charge on any atom is -0.354 e. The summed E-state index contributed by atoms with van der Waals surface area (Å²) in [5, 5.41) is 6.04. The maximum atomic E-state index is 12.4. The first-order valence-electron chi connectivity index (χ1n) is 9.71. The highest BCUT2D eigenvalue weighted by atomic mass is 16.2. The smallest absolute Gasteiger partial charge is 0.317 e. The summed E-state index contributed by atoms with van der Waals surface area (Å²) in [5.41, 5.74) is 0. The highest BCUT2D eigenvalue weighted by Crippen LogP contribution is 2.23. The van der Waals surface area contributed by atoms with E-state index in [0.717, 1.165) is 45.6 Å². The molecule has 0 radical (unpaired) electrons. The molecule has 0 aromatic carbocycles. The Hall–Kier alpha value is -1.30. The second-order valence-electron chi connectivity index (χ2n) is 7.62. The van der Waals surface area contributed by atoms with Gasteiger partial charge in [-0.25, -0.2) is 4.79 Å². The fourth-order valence-electron chi connectivity index (χ4n) is 4.37. The molecule has 2 aliphatic heterocycles. The number of likely N-dealkylation sites (tertiary alicyclic amines) is 1. The number of hydrogen-bond acceptors (Lipinski definition) is 3. The molecule has 6 heteroatoms. The van der Waals surface area contributed by atoms with Gasteiger partial charge in [0.05, 0.1) is 6.04 Å². The lowest BCUT2D eigenvalue weighted by molar-refractivity contribution is -0.126. The van der Waals surface area contributed by atoms with Crippen molar-refractivity contribution in [2.45, 2.75) is 64.0 Å². The third kappa shape index (κ3) is 4.21. The number of carbonyl (C=O) groups excluding carboxylic acids is 2. The number of urea groups is 1. The van der Waals surface area contributed by atoms with E-state index in [-0.39, 0.29) is 18.0 Å². The molecular weight excluding hydrogens is 304 g/mol. The third-order valence-electron chi connectivity index (χ3n) is 6.05. The van der Waals surface area contributed by atoms with Gasteiger partial charge in [-0.1, -0.05) is 19.3 Å². The normalized spacial score (nSPS) is 25.5. The summed E-state index contributed by atoms with van der Waals surface area (Å²) in [4.78, 5) is 28.4. The Morgan fingerprint density at radius 2 is 1.88 bits per heavy atom. The monoisotopic (exact) mass is 336 g/mol. The van der Waals surface area contributed by atoms with Crippen molar-refractivity contribution in [3.05, 3.63) is 0 Å². The van der Waals surface area contributed by atoms with Crippen LogP contribution in [0, 0.1) is 5.92 Å². The largest absolute Gasteiger partial charge is 0.354 e. The number of piperidine rings is 1. The maximum Gasteiger partial charge on any atom is 0.317 e. The van der Waals surface area contributed by atoms with Crippen LogP contribution in [0.5, 0.6) is 0 Å². The Labute approximate surface area is 145 Å². The van der Waals surface area contributed by atoms with Gasteiger partial charge in [0.15, 0.2) is 0 Å². The van der Waals surface area contributed by atoms with Gasteiger partial charge in [-0.05, 0) is 38.5 Å². The van der Waals surface area contributed by atoms with Crippen LogP contribution in [0.2, 0.25) is 0 Å². The van der Waals surface area contributed by atoms with Crippen molar-refractivity contribution in [3.8, 4) is 0 Å². The Morgan fingerprint density at radius 3 is 2.50 bits per heavy atom. The van der Waals surface area contributed by atoms with E-state index < -0.39 is 0 Å². The van der Waals surface area contributed by atoms with Crippen LogP contribution in [-0.4, -0.2) is 66.5 Å². The van der Waals surface area contributed by atoms with Crippen molar-refractivity contribution in [2.24, 2.45) is 5.92 Å². The minimum absolute atomic E-state index is 0.0676. The van der Waals surface area contributed by atoms with Gasteiger partial charge in [0.2, 0.25) is 5.91 Å². The number of nitrogens with one attached hydrogen (secondary N) is 2. The first kappa shape index (κ1) is 17.5. The van der Waals surface area contributed by atoms with E-state index in [4.69, 9.17) is 0 Å². The SMILES string of the molecule is CC(C(=O)NCC1CCCCC1)N1CCC(N2CCNC2=O)CC1. The molecule has 2 N–H and O–H groups in total. The summed E-state index contributed by atoms with van der Waals surface area (Å²) in [6.45, 7) is 6.23. The first-order valence-corrected chi connectivity index (χ1v) is 9.71. The van der Waals surface area contributed by atoms with Gasteiger partial charge in [-0.2, -0.15) is 0 Å². The molecule has 24 heavy (non-hydrogen) atoms. The van der Waals surface area contributed by atoms with Gasteiger partial charge in [0.1, 0.15) is 0 Å². The lowest BCUT2D eigenvalue weighted by atomic mass is 9.89. The van der Waals surface area contributed by atoms with Crippen LogP contribution in [0.4, 0.5) is 4.79 Å². The van der Waals surface area contributed by atoms with Gasteiger partial charge in [0.25, 0.3) is 0 Å². The molecule has 0 aromatic rings. The van der Waals surface area contributed by atoms with Crippen LogP contribution in [0.3, 0.4) is 0 Å². The van der Waals surface area contributed by atoms with Gasteiger partial charge >= 0.3 is 6.03 Å². The Morgan fingerprint density at radius 1 is 1.17 bits per heavy atom. The molecule has 2 heterocycles. The van der Waals surface area contributed by atoms with Crippen molar-refractivity contribution in [3.63, 3.8) is 0 Å². The average molecular weight is 336 g/mol. The number of amides is 3. The molecule has 3 aliphatic rings. The predicted octanol–water partition coefficient (Wildman–Crippen LogP) is 1.56. The lowest BCUT2D eigenvalue weighted by Gasteiger charge is -2.38. The van der Waals surface area contributed by atoms with E-state index in [0.29, 0.717) is 12.0 Å². The maximum absolute atomic E-state index is 12.4. The summed E-state index contributed by atoms with van der Waals surface area (Å²) in [5.74, 6) is 0.840. The molecule has 0 bridgehead atoms. The van der Waals surface area contributed by atoms with Crippen LogP contribution in [0.25, 0.3) is 0 Å². The predicted molar refractivity (Wildman–Crippen MR) is 93.7 cm³/mol. The van der Waals surface area contributed by atoms with Crippen molar-refractivity contribution >= 4 is 11.9 Å². The second-order valence-corrected chi connectivity index (χ2v) is 7.62. The zero-order valence-corrected chi connectivity index (χ0v) is 14.9. The first-order chi connectivity index (χ1) is 11.6. The molecule has 3 fully saturated rings. The molecule has 1 saturated carbocycles.